The van der Waals surface area contributed by atoms with Gasteiger partial charge in [-0.05, 0) is 36.2 Å². The smallest absolute Gasteiger partial charge is 0.323 e. The number of aromatic nitrogens is 1. The molecule has 0 amide bonds. The molecule has 3 aromatic rings. The van der Waals surface area contributed by atoms with E-state index in [1.165, 1.54) is 10.9 Å². The first kappa shape index (κ1) is 16.4. The summed E-state index contributed by atoms with van der Waals surface area (Å²) in [4.78, 5) is 15.9. The number of rotatable bonds is 3. The van der Waals surface area contributed by atoms with Crippen molar-refractivity contribution in [2.24, 2.45) is 0 Å². The van der Waals surface area contributed by atoms with Gasteiger partial charge in [0.15, 0.2) is 0 Å². The van der Waals surface area contributed by atoms with Crippen molar-refractivity contribution in [2.75, 3.05) is 6.61 Å². The summed E-state index contributed by atoms with van der Waals surface area (Å²) in [5.41, 5.74) is 4.54. The molecule has 2 N–H and O–H groups in total. The average Bonchev–Trinajstić information content (AvgIpc) is 3.00. The Balaban J connectivity index is 1.82. The van der Waals surface area contributed by atoms with Crippen molar-refractivity contribution in [1.82, 2.24) is 10.3 Å². The second-order valence-electron chi connectivity index (χ2n) is 6.22. The van der Waals surface area contributed by atoms with E-state index in [0.717, 1.165) is 21.2 Å². The highest BCUT2D eigenvalue weighted by Crippen LogP contribution is 2.35. The van der Waals surface area contributed by atoms with Crippen LogP contribution in [-0.4, -0.2) is 23.6 Å². The van der Waals surface area contributed by atoms with Crippen molar-refractivity contribution in [1.29, 1.82) is 0 Å². The van der Waals surface area contributed by atoms with Crippen LogP contribution in [0.5, 0.6) is 0 Å². The van der Waals surface area contributed by atoms with Crippen LogP contribution in [-0.2, 0) is 16.0 Å². The van der Waals surface area contributed by atoms with E-state index in [9.17, 15) is 4.79 Å². The third-order valence-electron chi connectivity index (χ3n) is 4.69. The molecule has 0 spiro atoms. The Morgan fingerprint density at radius 3 is 2.72 bits per heavy atom. The molecule has 0 unspecified atom stereocenters. The zero-order valence-electron chi connectivity index (χ0n) is 13.9. The Labute approximate surface area is 154 Å². The van der Waals surface area contributed by atoms with Gasteiger partial charge in [-0.2, -0.15) is 0 Å². The number of para-hydroxylation sites is 1. The van der Waals surface area contributed by atoms with Gasteiger partial charge < -0.3 is 9.72 Å². The lowest BCUT2D eigenvalue weighted by Crippen LogP contribution is -2.45. The number of carbonyl (C=O) groups is 1. The van der Waals surface area contributed by atoms with Gasteiger partial charge in [-0.15, -0.1) is 0 Å². The second kappa shape index (κ2) is 6.65. The molecule has 4 rings (SSSR count). The first-order valence-electron chi connectivity index (χ1n) is 8.45. The van der Waals surface area contributed by atoms with E-state index in [2.05, 4.69) is 50.5 Å². The second-order valence-corrected chi connectivity index (χ2v) is 7.14. The molecule has 25 heavy (non-hydrogen) atoms. The fourth-order valence-corrected chi connectivity index (χ4v) is 3.81. The van der Waals surface area contributed by atoms with Gasteiger partial charge in [0.05, 0.1) is 12.6 Å². The summed E-state index contributed by atoms with van der Waals surface area (Å²) in [6.45, 7) is 2.23. The lowest BCUT2D eigenvalue weighted by atomic mass is 9.90. The number of nitrogens with one attached hydrogen (secondary N) is 2. The third kappa shape index (κ3) is 2.98. The molecule has 4 nitrogen and oxygen atoms in total. The van der Waals surface area contributed by atoms with Crippen molar-refractivity contribution in [3.63, 3.8) is 0 Å². The minimum atomic E-state index is -0.347. The zero-order chi connectivity index (χ0) is 17.4. The minimum Gasteiger partial charge on any atom is -0.465 e. The lowest BCUT2D eigenvalue weighted by Gasteiger charge is -2.30. The summed E-state index contributed by atoms with van der Waals surface area (Å²) in [7, 11) is 0. The van der Waals surface area contributed by atoms with E-state index in [1.807, 2.05) is 31.2 Å². The topological polar surface area (TPSA) is 54.1 Å². The number of esters is 1. The fraction of sp³-hybridized carbons (Fsp3) is 0.250. The van der Waals surface area contributed by atoms with Crippen LogP contribution in [0.2, 0.25) is 0 Å². The van der Waals surface area contributed by atoms with Crippen LogP contribution < -0.4 is 5.32 Å². The monoisotopic (exact) mass is 398 g/mol. The molecule has 2 heterocycles. The van der Waals surface area contributed by atoms with E-state index in [4.69, 9.17) is 4.74 Å². The molecule has 0 aliphatic carbocycles. The van der Waals surface area contributed by atoms with Crippen molar-refractivity contribution in [3.8, 4) is 0 Å². The highest BCUT2D eigenvalue weighted by atomic mass is 79.9. The van der Waals surface area contributed by atoms with Crippen LogP contribution in [0.15, 0.2) is 53.0 Å². The highest BCUT2D eigenvalue weighted by molar-refractivity contribution is 9.10. The van der Waals surface area contributed by atoms with Crippen molar-refractivity contribution >= 4 is 32.8 Å². The average molecular weight is 399 g/mol. The predicted molar refractivity (Wildman–Crippen MR) is 102 cm³/mol. The lowest BCUT2D eigenvalue weighted by molar-refractivity contribution is -0.146. The van der Waals surface area contributed by atoms with Crippen LogP contribution in [0.1, 0.15) is 29.8 Å². The van der Waals surface area contributed by atoms with E-state index in [1.54, 1.807) is 0 Å². The van der Waals surface area contributed by atoms with Gasteiger partial charge in [0.2, 0.25) is 0 Å². The molecule has 0 saturated carbocycles. The summed E-state index contributed by atoms with van der Waals surface area (Å²) in [6, 6.07) is 16.0. The molecule has 0 saturated heterocycles. The molecule has 0 bridgehead atoms. The molecule has 2 atom stereocenters. The SMILES string of the molecule is CCOC(=O)[C@@H]1Cc2c([nH]c3ccccc23)[C@@H](c2ccc(Br)cc2)N1. The van der Waals surface area contributed by atoms with Gasteiger partial charge >= 0.3 is 5.97 Å². The number of aromatic amines is 1. The standard InChI is InChI=1S/C20H19BrN2O2/c1-2-25-20(24)17-11-15-14-5-3-4-6-16(14)22-19(15)18(23-17)12-7-9-13(21)10-8-12/h3-10,17-18,22-23H,2,11H2,1H3/t17-,18+/m0/s1. The maximum atomic E-state index is 12.4. The number of hydrogen-bond donors (Lipinski definition) is 2. The van der Waals surface area contributed by atoms with Crippen molar-refractivity contribution in [2.45, 2.75) is 25.4 Å². The van der Waals surface area contributed by atoms with Crippen LogP contribution >= 0.6 is 15.9 Å². The number of ether oxygens (including phenoxy) is 1. The van der Waals surface area contributed by atoms with Gasteiger partial charge in [0, 0.05) is 27.5 Å². The van der Waals surface area contributed by atoms with Gasteiger partial charge in [0.25, 0.3) is 0 Å². The molecular weight excluding hydrogens is 380 g/mol. The Morgan fingerprint density at radius 1 is 1.20 bits per heavy atom. The maximum Gasteiger partial charge on any atom is 0.323 e. The molecule has 0 fully saturated rings. The largest absolute Gasteiger partial charge is 0.465 e. The Hall–Kier alpha value is -2.11. The van der Waals surface area contributed by atoms with Gasteiger partial charge in [-0.1, -0.05) is 46.3 Å². The van der Waals surface area contributed by atoms with Crippen molar-refractivity contribution < 1.29 is 9.53 Å². The molecule has 128 valence electrons. The molecule has 1 aliphatic heterocycles. The first-order valence-corrected chi connectivity index (χ1v) is 9.24. The Kier molecular flexibility index (Phi) is 4.36. The van der Waals surface area contributed by atoms with Crippen LogP contribution in [0.3, 0.4) is 0 Å². The number of benzene rings is 2. The molecule has 1 aromatic heterocycles. The molecule has 0 radical (unpaired) electrons. The fourth-order valence-electron chi connectivity index (χ4n) is 3.55. The van der Waals surface area contributed by atoms with Crippen LogP contribution in [0, 0.1) is 0 Å². The third-order valence-corrected chi connectivity index (χ3v) is 5.21. The molecule has 5 heteroatoms. The predicted octanol–water partition coefficient (Wildman–Crippen LogP) is 4.10. The number of fused-ring (bicyclic) bond motifs is 3. The number of H-pyrrole nitrogens is 1. The summed E-state index contributed by atoms with van der Waals surface area (Å²) >= 11 is 3.48. The molecular formula is C20H19BrN2O2. The number of hydrogen-bond acceptors (Lipinski definition) is 3. The van der Waals surface area contributed by atoms with E-state index >= 15 is 0 Å². The normalized spacial score (nSPS) is 19.6. The van der Waals surface area contributed by atoms with Crippen LogP contribution in [0.25, 0.3) is 10.9 Å². The number of halogens is 1. The quantitative estimate of drug-likeness (QED) is 0.653. The zero-order valence-corrected chi connectivity index (χ0v) is 15.5. The minimum absolute atomic E-state index is 0.0707. The van der Waals surface area contributed by atoms with Gasteiger partial charge in [-0.3, -0.25) is 10.1 Å². The van der Waals surface area contributed by atoms with Crippen molar-refractivity contribution in [3.05, 3.63) is 69.8 Å². The van der Waals surface area contributed by atoms with E-state index in [0.29, 0.717) is 13.0 Å². The Bertz CT molecular complexity index is 917. The highest BCUT2D eigenvalue weighted by Gasteiger charge is 2.34. The maximum absolute atomic E-state index is 12.4. The summed E-state index contributed by atoms with van der Waals surface area (Å²) < 4.78 is 6.30. The Morgan fingerprint density at radius 2 is 1.96 bits per heavy atom. The summed E-state index contributed by atoms with van der Waals surface area (Å²) in [6.07, 6.45) is 0.630. The molecule has 1 aliphatic rings. The van der Waals surface area contributed by atoms with E-state index in [-0.39, 0.29) is 18.1 Å². The summed E-state index contributed by atoms with van der Waals surface area (Å²) in [5.74, 6) is -0.194. The summed E-state index contributed by atoms with van der Waals surface area (Å²) in [5, 5.41) is 4.65. The first-order chi connectivity index (χ1) is 12.2. The van der Waals surface area contributed by atoms with Crippen LogP contribution in [0.4, 0.5) is 0 Å². The van der Waals surface area contributed by atoms with Gasteiger partial charge in [-0.25, -0.2) is 0 Å². The van der Waals surface area contributed by atoms with E-state index < -0.39 is 0 Å². The van der Waals surface area contributed by atoms with Gasteiger partial charge in [0.1, 0.15) is 6.04 Å². The number of carbonyl (C=O) groups excluding carboxylic acids is 1. The molecule has 2 aromatic carbocycles.